The van der Waals surface area contributed by atoms with E-state index >= 15 is 0 Å². The summed E-state index contributed by atoms with van der Waals surface area (Å²) in [5.74, 6) is 2.10. The summed E-state index contributed by atoms with van der Waals surface area (Å²) >= 11 is 1.87. The fourth-order valence-electron chi connectivity index (χ4n) is 1.27. The van der Waals surface area contributed by atoms with Crippen molar-refractivity contribution in [1.29, 1.82) is 0 Å². The molecule has 0 radical (unpaired) electrons. The minimum atomic E-state index is 0.846. The van der Waals surface area contributed by atoms with E-state index in [0.29, 0.717) is 0 Å². The van der Waals surface area contributed by atoms with Gasteiger partial charge in [-0.3, -0.25) is 0 Å². The third kappa shape index (κ3) is 3.88. The van der Waals surface area contributed by atoms with Crippen LogP contribution in [0, 0.1) is 6.92 Å². The van der Waals surface area contributed by atoms with Crippen molar-refractivity contribution in [2.75, 3.05) is 29.1 Å². The van der Waals surface area contributed by atoms with Crippen molar-refractivity contribution in [3.63, 3.8) is 0 Å². The smallest absolute Gasteiger partial charge is 0.0390 e. The highest BCUT2D eigenvalue weighted by molar-refractivity contribution is 7.99. The second kappa shape index (κ2) is 6.40. The Labute approximate surface area is 95.9 Å². The number of anilines is 2. The molecule has 15 heavy (non-hydrogen) atoms. The third-order valence-electron chi connectivity index (χ3n) is 2.17. The Hall–Kier alpha value is -1.09. The normalized spacial score (nSPS) is 9.93. The van der Waals surface area contributed by atoms with Crippen LogP contribution in [0.1, 0.15) is 5.56 Å². The second-order valence-electron chi connectivity index (χ2n) is 3.31. The number of nitrogen functional groups attached to an aromatic ring is 1. The molecule has 1 rings (SSSR count). The van der Waals surface area contributed by atoms with E-state index < -0.39 is 0 Å². The van der Waals surface area contributed by atoms with Crippen LogP contribution < -0.4 is 11.1 Å². The Morgan fingerprint density at radius 2 is 2.33 bits per heavy atom. The maximum atomic E-state index is 5.81. The Bertz CT molecular complexity index is 323. The molecule has 3 heteroatoms. The largest absolute Gasteiger partial charge is 0.398 e. The summed E-state index contributed by atoms with van der Waals surface area (Å²) in [4.78, 5) is 0. The van der Waals surface area contributed by atoms with Gasteiger partial charge in [-0.05, 0) is 24.6 Å². The van der Waals surface area contributed by atoms with Crippen LogP contribution in [0.5, 0.6) is 0 Å². The van der Waals surface area contributed by atoms with Crippen LogP contribution in [-0.4, -0.2) is 18.1 Å². The zero-order chi connectivity index (χ0) is 11.1. The summed E-state index contributed by atoms with van der Waals surface area (Å²) in [6, 6.07) is 5.96. The van der Waals surface area contributed by atoms with Gasteiger partial charge in [-0.1, -0.05) is 12.1 Å². The Balaban J connectivity index is 2.37. The van der Waals surface area contributed by atoms with Gasteiger partial charge in [0.05, 0.1) is 0 Å². The average molecular weight is 222 g/mol. The summed E-state index contributed by atoms with van der Waals surface area (Å²) < 4.78 is 0. The van der Waals surface area contributed by atoms with Crippen LogP contribution in [0.15, 0.2) is 30.9 Å². The number of nitrogens with two attached hydrogens (primary N) is 1. The number of rotatable bonds is 6. The van der Waals surface area contributed by atoms with Crippen LogP contribution in [0.4, 0.5) is 11.4 Å². The SMILES string of the molecule is C=CCSCCNc1cccc(N)c1C. The topological polar surface area (TPSA) is 38.0 Å². The monoisotopic (exact) mass is 222 g/mol. The van der Waals surface area contributed by atoms with Crippen LogP contribution in [-0.2, 0) is 0 Å². The van der Waals surface area contributed by atoms with E-state index in [-0.39, 0.29) is 0 Å². The van der Waals surface area contributed by atoms with Gasteiger partial charge in [-0.25, -0.2) is 0 Å². The highest BCUT2D eigenvalue weighted by Crippen LogP contribution is 2.20. The van der Waals surface area contributed by atoms with Gasteiger partial charge >= 0.3 is 0 Å². The molecule has 0 aliphatic carbocycles. The van der Waals surface area contributed by atoms with Gasteiger partial charge in [0.1, 0.15) is 0 Å². The summed E-state index contributed by atoms with van der Waals surface area (Å²) in [6.45, 7) is 6.68. The fraction of sp³-hybridized carbons (Fsp3) is 0.333. The van der Waals surface area contributed by atoms with Crippen molar-refractivity contribution >= 4 is 23.1 Å². The van der Waals surface area contributed by atoms with E-state index in [1.807, 2.05) is 36.9 Å². The molecule has 0 saturated carbocycles. The lowest BCUT2D eigenvalue weighted by Crippen LogP contribution is -2.06. The zero-order valence-corrected chi connectivity index (χ0v) is 9.94. The molecule has 0 aliphatic rings. The highest BCUT2D eigenvalue weighted by atomic mass is 32.2. The highest BCUT2D eigenvalue weighted by Gasteiger charge is 1.99. The molecule has 0 atom stereocenters. The third-order valence-corrected chi connectivity index (χ3v) is 3.14. The number of benzene rings is 1. The lowest BCUT2D eigenvalue weighted by molar-refractivity contribution is 1.21. The van der Waals surface area contributed by atoms with Gasteiger partial charge in [0.2, 0.25) is 0 Å². The number of thioether (sulfide) groups is 1. The molecule has 0 aromatic heterocycles. The molecule has 3 N–H and O–H groups in total. The Kier molecular flexibility index (Phi) is 5.12. The van der Waals surface area contributed by atoms with Crippen molar-refractivity contribution in [3.05, 3.63) is 36.4 Å². The fourth-order valence-corrected chi connectivity index (χ4v) is 1.85. The minimum Gasteiger partial charge on any atom is -0.398 e. The van der Waals surface area contributed by atoms with E-state index in [9.17, 15) is 0 Å². The molecule has 0 saturated heterocycles. The molecular formula is C12H18N2S. The summed E-state index contributed by atoms with van der Waals surface area (Å²) in [5.41, 5.74) is 8.92. The first-order valence-corrected chi connectivity index (χ1v) is 6.18. The minimum absolute atomic E-state index is 0.846. The predicted molar refractivity (Wildman–Crippen MR) is 71.6 cm³/mol. The number of nitrogens with one attached hydrogen (secondary N) is 1. The number of hydrogen-bond donors (Lipinski definition) is 2. The molecule has 0 unspecified atom stereocenters. The lowest BCUT2D eigenvalue weighted by atomic mass is 10.1. The van der Waals surface area contributed by atoms with Gasteiger partial charge in [0.25, 0.3) is 0 Å². The molecule has 82 valence electrons. The van der Waals surface area contributed by atoms with E-state index in [1.54, 1.807) is 0 Å². The first-order chi connectivity index (χ1) is 7.25. The molecule has 1 aromatic carbocycles. The quantitative estimate of drug-likeness (QED) is 0.441. The molecule has 0 amide bonds. The Morgan fingerprint density at radius 1 is 1.53 bits per heavy atom. The molecule has 0 spiro atoms. The van der Waals surface area contributed by atoms with Gasteiger partial charge in [-0.2, -0.15) is 11.8 Å². The van der Waals surface area contributed by atoms with Crippen LogP contribution in [0.3, 0.4) is 0 Å². The van der Waals surface area contributed by atoms with Crippen molar-refractivity contribution in [2.24, 2.45) is 0 Å². The molecule has 0 fully saturated rings. The van der Waals surface area contributed by atoms with E-state index in [1.165, 1.54) is 0 Å². The van der Waals surface area contributed by atoms with Crippen molar-refractivity contribution in [1.82, 2.24) is 0 Å². The molecule has 0 aliphatic heterocycles. The zero-order valence-electron chi connectivity index (χ0n) is 9.12. The maximum absolute atomic E-state index is 5.81. The van der Waals surface area contributed by atoms with Gasteiger partial charge in [0.15, 0.2) is 0 Å². The van der Waals surface area contributed by atoms with Gasteiger partial charge < -0.3 is 11.1 Å². The summed E-state index contributed by atoms with van der Waals surface area (Å²) in [7, 11) is 0. The molecule has 0 heterocycles. The van der Waals surface area contributed by atoms with E-state index in [4.69, 9.17) is 5.73 Å². The van der Waals surface area contributed by atoms with Crippen molar-refractivity contribution in [2.45, 2.75) is 6.92 Å². The molecule has 1 aromatic rings. The maximum Gasteiger partial charge on any atom is 0.0390 e. The van der Waals surface area contributed by atoms with Gasteiger partial charge in [0, 0.05) is 29.4 Å². The summed E-state index contributed by atoms with van der Waals surface area (Å²) in [6.07, 6.45) is 1.93. The average Bonchev–Trinajstić information content (AvgIpc) is 2.24. The van der Waals surface area contributed by atoms with Gasteiger partial charge in [-0.15, -0.1) is 6.58 Å². The van der Waals surface area contributed by atoms with E-state index in [0.717, 1.165) is 35.0 Å². The first kappa shape index (κ1) is 12.0. The van der Waals surface area contributed by atoms with Crippen LogP contribution in [0.2, 0.25) is 0 Å². The summed E-state index contributed by atoms with van der Waals surface area (Å²) in [5, 5.41) is 3.38. The molecule has 0 bridgehead atoms. The van der Waals surface area contributed by atoms with Crippen LogP contribution in [0.25, 0.3) is 0 Å². The van der Waals surface area contributed by atoms with Crippen molar-refractivity contribution < 1.29 is 0 Å². The number of hydrogen-bond acceptors (Lipinski definition) is 3. The van der Waals surface area contributed by atoms with Crippen LogP contribution >= 0.6 is 11.8 Å². The standard InChI is InChI=1S/C12H18N2S/c1-3-8-15-9-7-14-12-6-4-5-11(13)10(12)2/h3-6,14H,1,7-9,13H2,2H3. The predicted octanol–water partition coefficient (Wildman–Crippen LogP) is 2.91. The van der Waals surface area contributed by atoms with Crippen molar-refractivity contribution in [3.8, 4) is 0 Å². The Morgan fingerprint density at radius 3 is 3.07 bits per heavy atom. The van der Waals surface area contributed by atoms with E-state index in [2.05, 4.69) is 18.0 Å². The molecule has 2 nitrogen and oxygen atoms in total. The second-order valence-corrected chi connectivity index (χ2v) is 4.46. The molecular weight excluding hydrogens is 204 g/mol. The lowest BCUT2D eigenvalue weighted by Gasteiger charge is -2.10. The first-order valence-electron chi connectivity index (χ1n) is 5.03.